The van der Waals surface area contributed by atoms with E-state index in [4.69, 9.17) is 17.3 Å². The van der Waals surface area contributed by atoms with Gasteiger partial charge in [-0.15, -0.1) is 5.10 Å². The summed E-state index contributed by atoms with van der Waals surface area (Å²) in [6, 6.07) is 10.9. The zero-order valence-corrected chi connectivity index (χ0v) is 14.4. The van der Waals surface area contributed by atoms with Gasteiger partial charge in [0.15, 0.2) is 5.82 Å². The minimum absolute atomic E-state index is 0.526. The highest BCUT2D eigenvalue weighted by atomic mass is 79.9. The second-order valence-electron chi connectivity index (χ2n) is 4.24. The Hall–Kier alpha value is -1.44. The molecule has 0 atom stereocenters. The lowest BCUT2D eigenvalue weighted by atomic mass is 10.1. The number of tetrazole rings is 1. The molecule has 3 aromatic rings. The van der Waals surface area contributed by atoms with Gasteiger partial charge >= 0.3 is 0 Å². The Kier molecular flexibility index (Phi) is 3.97. The minimum atomic E-state index is 0.526. The second kappa shape index (κ2) is 5.75. The van der Waals surface area contributed by atoms with Crippen LogP contribution < -0.4 is 5.73 Å². The lowest BCUT2D eigenvalue weighted by Crippen LogP contribution is -2.02. The van der Waals surface area contributed by atoms with Gasteiger partial charge in [-0.1, -0.05) is 27.5 Å². The van der Waals surface area contributed by atoms with E-state index in [0.717, 1.165) is 14.6 Å². The van der Waals surface area contributed by atoms with Crippen molar-refractivity contribution in [3.63, 3.8) is 0 Å². The van der Waals surface area contributed by atoms with Crippen LogP contribution in [0.15, 0.2) is 45.3 Å². The minimum Gasteiger partial charge on any atom is -0.398 e. The summed E-state index contributed by atoms with van der Waals surface area (Å²) >= 11 is 13.0. The number of benzene rings is 2. The van der Waals surface area contributed by atoms with Crippen LogP contribution in [0.2, 0.25) is 5.02 Å². The van der Waals surface area contributed by atoms with E-state index in [9.17, 15) is 0 Å². The van der Waals surface area contributed by atoms with E-state index in [1.54, 1.807) is 22.9 Å². The molecule has 0 fully saturated rings. The first-order valence-corrected chi connectivity index (χ1v) is 7.82. The van der Waals surface area contributed by atoms with Crippen molar-refractivity contribution in [3.05, 3.63) is 50.4 Å². The Morgan fingerprint density at radius 2 is 1.90 bits per heavy atom. The molecule has 0 amide bonds. The largest absolute Gasteiger partial charge is 0.398 e. The summed E-state index contributed by atoms with van der Waals surface area (Å²) in [6.07, 6.45) is 0. The number of nitrogens with zero attached hydrogens (tertiary/aromatic N) is 4. The third-order valence-corrected chi connectivity index (χ3v) is 4.23. The summed E-state index contributed by atoms with van der Waals surface area (Å²) in [7, 11) is 0. The molecule has 3 rings (SSSR count). The van der Waals surface area contributed by atoms with Crippen molar-refractivity contribution >= 4 is 49.1 Å². The average molecular weight is 430 g/mol. The van der Waals surface area contributed by atoms with Crippen molar-refractivity contribution in [3.8, 4) is 17.1 Å². The van der Waals surface area contributed by atoms with Crippen LogP contribution in [0.4, 0.5) is 5.69 Å². The van der Waals surface area contributed by atoms with Gasteiger partial charge in [-0.2, -0.15) is 4.68 Å². The summed E-state index contributed by atoms with van der Waals surface area (Å²) in [6.45, 7) is 0. The number of hydrogen-bond acceptors (Lipinski definition) is 4. The zero-order valence-electron chi connectivity index (χ0n) is 10.5. The number of nitrogens with two attached hydrogens (primary N) is 1. The SMILES string of the molecule is Nc1ccc(Cl)cc1-c1nnnn1-c1ccc(Br)cc1Br. The van der Waals surface area contributed by atoms with Crippen LogP contribution in [-0.2, 0) is 0 Å². The number of nitrogen functional groups attached to an aromatic ring is 1. The van der Waals surface area contributed by atoms with E-state index in [2.05, 4.69) is 47.4 Å². The number of hydrogen-bond donors (Lipinski definition) is 1. The first-order valence-electron chi connectivity index (χ1n) is 5.85. The van der Waals surface area contributed by atoms with Crippen LogP contribution in [0.25, 0.3) is 17.1 Å². The van der Waals surface area contributed by atoms with Crippen LogP contribution >= 0.6 is 43.5 Å². The molecule has 0 aliphatic heterocycles. The maximum Gasteiger partial charge on any atom is 0.189 e. The highest BCUT2D eigenvalue weighted by Gasteiger charge is 2.15. The fraction of sp³-hybridized carbons (Fsp3) is 0. The Morgan fingerprint density at radius 1 is 1.10 bits per heavy atom. The van der Waals surface area contributed by atoms with Gasteiger partial charge in [-0.25, -0.2) is 0 Å². The fourth-order valence-corrected chi connectivity index (χ4v) is 3.28. The third kappa shape index (κ3) is 2.81. The van der Waals surface area contributed by atoms with Crippen LogP contribution in [0.1, 0.15) is 0 Å². The number of anilines is 1. The van der Waals surface area contributed by atoms with Gasteiger partial charge in [-0.3, -0.25) is 0 Å². The molecule has 0 bridgehead atoms. The normalized spacial score (nSPS) is 10.8. The predicted octanol–water partition coefficient (Wildman–Crippen LogP) is 4.09. The Morgan fingerprint density at radius 3 is 2.67 bits per heavy atom. The molecular weight excluding hydrogens is 421 g/mol. The van der Waals surface area contributed by atoms with Crippen molar-refractivity contribution < 1.29 is 0 Å². The topological polar surface area (TPSA) is 69.6 Å². The summed E-state index contributed by atoms with van der Waals surface area (Å²) < 4.78 is 3.42. The van der Waals surface area contributed by atoms with Gasteiger partial charge in [0.1, 0.15) is 0 Å². The first-order chi connectivity index (χ1) is 10.1. The summed E-state index contributed by atoms with van der Waals surface area (Å²) in [5.41, 5.74) is 8.05. The highest BCUT2D eigenvalue weighted by molar-refractivity contribution is 9.11. The number of halogens is 3. The van der Waals surface area contributed by atoms with E-state index in [-0.39, 0.29) is 0 Å². The van der Waals surface area contributed by atoms with Gasteiger partial charge in [0.25, 0.3) is 0 Å². The van der Waals surface area contributed by atoms with Crippen LogP contribution in [-0.4, -0.2) is 20.2 Å². The molecule has 5 nitrogen and oxygen atoms in total. The molecule has 0 unspecified atom stereocenters. The molecular formula is C13H8Br2ClN5. The molecule has 0 aliphatic rings. The lowest BCUT2D eigenvalue weighted by Gasteiger charge is -2.09. The zero-order chi connectivity index (χ0) is 15.0. The molecule has 0 saturated heterocycles. The fourth-order valence-electron chi connectivity index (χ4n) is 1.89. The van der Waals surface area contributed by atoms with E-state index >= 15 is 0 Å². The highest BCUT2D eigenvalue weighted by Crippen LogP contribution is 2.31. The van der Waals surface area contributed by atoms with Crippen LogP contribution in [0, 0.1) is 0 Å². The first kappa shape index (κ1) is 14.5. The molecule has 1 aromatic heterocycles. The van der Waals surface area contributed by atoms with E-state index in [1.807, 2.05) is 18.2 Å². The summed E-state index contributed by atoms with van der Waals surface area (Å²) in [5, 5.41) is 12.4. The maximum absolute atomic E-state index is 6.04. The molecule has 0 saturated carbocycles. The summed E-state index contributed by atoms with van der Waals surface area (Å²) in [4.78, 5) is 0. The number of rotatable bonds is 2. The molecule has 0 aliphatic carbocycles. The van der Waals surface area contributed by atoms with Crippen molar-refractivity contribution in [2.45, 2.75) is 0 Å². The average Bonchev–Trinajstić information content (AvgIpc) is 2.90. The number of aromatic nitrogens is 4. The van der Waals surface area contributed by atoms with E-state index in [0.29, 0.717) is 22.1 Å². The molecule has 8 heteroatoms. The van der Waals surface area contributed by atoms with Crippen molar-refractivity contribution in [2.75, 3.05) is 5.73 Å². The molecule has 1 heterocycles. The maximum atomic E-state index is 6.04. The monoisotopic (exact) mass is 427 g/mol. The lowest BCUT2D eigenvalue weighted by molar-refractivity contribution is 0.789. The Balaban J connectivity index is 2.19. The van der Waals surface area contributed by atoms with Crippen molar-refractivity contribution in [1.29, 1.82) is 0 Å². The van der Waals surface area contributed by atoms with Gasteiger partial charge in [0.2, 0.25) is 0 Å². The molecule has 0 spiro atoms. The van der Waals surface area contributed by atoms with Gasteiger partial charge in [0, 0.05) is 25.2 Å². The van der Waals surface area contributed by atoms with E-state index < -0.39 is 0 Å². The summed E-state index contributed by atoms with van der Waals surface area (Å²) in [5.74, 6) is 0.526. The molecule has 21 heavy (non-hydrogen) atoms. The molecule has 2 aromatic carbocycles. The van der Waals surface area contributed by atoms with Gasteiger partial charge < -0.3 is 5.73 Å². The second-order valence-corrected chi connectivity index (χ2v) is 6.45. The van der Waals surface area contributed by atoms with Crippen molar-refractivity contribution in [2.24, 2.45) is 0 Å². The Labute approximate surface area is 142 Å². The van der Waals surface area contributed by atoms with Gasteiger partial charge in [0.05, 0.1) is 5.69 Å². The molecule has 0 radical (unpaired) electrons. The molecule has 106 valence electrons. The molecule has 2 N–H and O–H groups in total. The van der Waals surface area contributed by atoms with Crippen LogP contribution in [0.3, 0.4) is 0 Å². The van der Waals surface area contributed by atoms with Gasteiger partial charge in [-0.05, 0) is 62.8 Å². The third-order valence-electron chi connectivity index (χ3n) is 2.86. The Bertz CT molecular complexity index is 818. The smallest absolute Gasteiger partial charge is 0.189 e. The van der Waals surface area contributed by atoms with Crippen LogP contribution in [0.5, 0.6) is 0 Å². The van der Waals surface area contributed by atoms with E-state index in [1.165, 1.54) is 0 Å². The van der Waals surface area contributed by atoms with Crippen molar-refractivity contribution in [1.82, 2.24) is 20.2 Å². The quantitative estimate of drug-likeness (QED) is 0.623. The standard InChI is InChI=1S/C13H8Br2ClN5/c14-7-1-4-12(10(15)5-7)21-13(18-19-20-21)9-6-8(16)2-3-11(9)17/h1-6H,17H2. The predicted molar refractivity (Wildman–Crippen MR) is 89.4 cm³/mol.